The van der Waals surface area contributed by atoms with Crippen molar-refractivity contribution in [3.63, 3.8) is 0 Å². The molecule has 1 aromatic carbocycles. The molecule has 0 amide bonds. The number of hydrogen-bond donors (Lipinski definition) is 1. The Kier molecular flexibility index (Phi) is 3.88. The molecule has 0 aliphatic carbocycles. The Bertz CT molecular complexity index is 336. The number of benzene rings is 1. The normalized spacial score (nSPS) is 25.8. The largest absolute Gasteiger partial charge is 0.316 e. The predicted molar refractivity (Wildman–Crippen MR) is 74.1 cm³/mol. The van der Waals surface area contributed by atoms with E-state index in [2.05, 4.69) is 56.4 Å². The van der Waals surface area contributed by atoms with Crippen molar-refractivity contribution in [2.45, 2.75) is 33.6 Å². The Morgan fingerprint density at radius 3 is 2.53 bits per heavy atom. The molecule has 0 radical (unpaired) electrons. The first-order valence-corrected chi connectivity index (χ1v) is 6.82. The van der Waals surface area contributed by atoms with Crippen molar-refractivity contribution in [3.05, 3.63) is 35.9 Å². The van der Waals surface area contributed by atoms with Crippen LogP contribution in [-0.2, 0) is 6.42 Å². The second-order valence-corrected chi connectivity index (χ2v) is 6.42. The van der Waals surface area contributed by atoms with Crippen molar-refractivity contribution in [2.75, 3.05) is 13.1 Å². The van der Waals surface area contributed by atoms with Crippen molar-refractivity contribution >= 4 is 0 Å². The fourth-order valence-corrected chi connectivity index (χ4v) is 3.19. The van der Waals surface area contributed by atoms with Crippen LogP contribution in [0.15, 0.2) is 30.3 Å². The van der Waals surface area contributed by atoms with Crippen molar-refractivity contribution in [2.24, 2.45) is 17.3 Å². The Hall–Kier alpha value is -0.820. The maximum absolute atomic E-state index is 3.56. The van der Waals surface area contributed by atoms with Crippen LogP contribution in [-0.4, -0.2) is 13.1 Å². The first-order chi connectivity index (χ1) is 8.07. The third-order valence-corrected chi connectivity index (χ3v) is 4.06. The van der Waals surface area contributed by atoms with Crippen molar-refractivity contribution in [1.29, 1.82) is 0 Å². The highest BCUT2D eigenvalue weighted by atomic mass is 14.9. The molecular weight excluding hydrogens is 206 g/mol. The number of piperidine rings is 1. The van der Waals surface area contributed by atoms with Gasteiger partial charge in [0.25, 0.3) is 0 Å². The minimum absolute atomic E-state index is 0.432. The zero-order valence-electron chi connectivity index (χ0n) is 11.4. The molecule has 0 spiro atoms. The van der Waals surface area contributed by atoms with Crippen LogP contribution in [0.25, 0.3) is 0 Å². The van der Waals surface area contributed by atoms with Crippen LogP contribution in [0.1, 0.15) is 32.8 Å². The molecule has 1 aliphatic heterocycles. The Labute approximate surface area is 106 Å². The van der Waals surface area contributed by atoms with E-state index in [-0.39, 0.29) is 0 Å². The SMILES string of the molecule is CC(C)(C)C1CCNCC1Cc1ccccc1. The molecule has 1 saturated heterocycles. The summed E-state index contributed by atoms with van der Waals surface area (Å²) in [6.45, 7) is 9.53. The lowest BCUT2D eigenvalue weighted by atomic mass is 9.68. The Morgan fingerprint density at radius 1 is 1.18 bits per heavy atom. The van der Waals surface area contributed by atoms with Crippen LogP contribution >= 0.6 is 0 Å². The van der Waals surface area contributed by atoms with Crippen molar-refractivity contribution < 1.29 is 0 Å². The van der Waals surface area contributed by atoms with Gasteiger partial charge in [-0.05, 0) is 48.7 Å². The van der Waals surface area contributed by atoms with E-state index < -0.39 is 0 Å². The molecular formula is C16H25N. The van der Waals surface area contributed by atoms with Gasteiger partial charge in [-0.1, -0.05) is 51.1 Å². The number of rotatable bonds is 2. The van der Waals surface area contributed by atoms with Gasteiger partial charge >= 0.3 is 0 Å². The molecule has 1 N–H and O–H groups in total. The van der Waals surface area contributed by atoms with Gasteiger partial charge < -0.3 is 5.32 Å². The second-order valence-electron chi connectivity index (χ2n) is 6.42. The van der Waals surface area contributed by atoms with E-state index in [1.54, 1.807) is 0 Å². The van der Waals surface area contributed by atoms with Crippen LogP contribution in [0, 0.1) is 17.3 Å². The third-order valence-electron chi connectivity index (χ3n) is 4.06. The highest BCUT2D eigenvalue weighted by Gasteiger charge is 2.33. The average molecular weight is 231 g/mol. The Morgan fingerprint density at radius 2 is 1.88 bits per heavy atom. The maximum atomic E-state index is 3.56. The van der Waals surface area contributed by atoms with Gasteiger partial charge in [-0.3, -0.25) is 0 Å². The molecule has 2 rings (SSSR count). The topological polar surface area (TPSA) is 12.0 Å². The molecule has 0 aromatic heterocycles. The van der Waals surface area contributed by atoms with E-state index in [1.807, 2.05) is 0 Å². The summed E-state index contributed by atoms with van der Waals surface area (Å²) < 4.78 is 0. The average Bonchev–Trinajstić information content (AvgIpc) is 2.30. The summed E-state index contributed by atoms with van der Waals surface area (Å²) in [7, 11) is 0. The summed E-state index contributed by atoms with van der Waals surface area (Å²) in [6.07, 6.45) is 2.54. The monoisotopic (exact) mass is 231 g/mol. The van der Waals surface area contributed by atoms with Crippen LogP contribution in [0.3, 0.4) is 0 Å². The summed E-state index contributed by atoms with van der Waals surface area (Å²) in [5.74, 6) is 1.62. The van der Waals surface area contributed by atoms with Crippen LogP contribution < -0.4 is 5.32 Å². The maximum Gasteiger partial charge on any atom is -0.00145 e. The van der Waals surface area contributed by atoms with Crippen molar-refractivity contribution in [3.8, 4) is 0 Å². The molecule has 1 aliphatic rings. The van der Waals surface area contributed by atoms with Gasteiger partial charge in [0.15, 0.2) is 0 Å². The van der Waals surface area contributed by atoms with Gasteiger partial charge in [-0.2, -0.15) is 0 Å². The predicted octanol–water partition coefficient (Wildman–Crippen LogP) is 3.50. The van der Waals surface area contributed by atoms with E-state index in [0.29, 0.717) is 5.41 Å². The first-order valence-electron chi connectivity index (χ1n) is 6.82. The van der Waals surface area contributed by atoms with Gasteiger partial charge in [0.1, 0.15) is 0 Å². The molecule has 0 bridgehead atoms. The van der Waals surface area contributed by atoms with E-state index >= 15 is 0 Å². The van der Waals surface area contributed by atoms with Gasteiger partial charge in [0.2, 0.25) is 0 Å². The standard InChI is InChI=1S/C16H25N/c1-16(2,3)15-9-10-17-12-14(15)11-13-7-5-4-6-8-13/h4-8,14-15,17H,9-12H2,1-3H3. The summed E-state index contributed by atoms with van der Waals surface area (Å²) in [5, 5.41) is 3.56. The molecule has 0 saturated carbocycles. The van der Waals surface area contributed by atoms with Crippen LogP contribution in [0.4, 0.5) is 0 Å². The van der Waals surface area contributed by atoms with Crippen LogP contribution in [0.2, 0.25) is 0 Å². The second kappa shape index (κ2) is 5.22. The molecule has 17 heavy (non-hydrogen) atoms. The van der Waals surface area contributed by atoms with Gasteiger partial charge in [0, 0.05) is 0 Å². The lowest BCUT2D eigenvalue weighted by molar-refractivity contribution is 0.118. The quantitative estimate of drug-likeness (QED) is 0.821. The van der Waals surface area contributed by atoms with Crippen molar-refractivity contribution in [1.82, 2.24) is 5.32 Å². The molecule has 1 heterocycles. The summed E-state index contributed by atoms with van der Waals surface area (Å²) in [6, 6.07) is 10.9. The van der Waals surface area contributed by atoms with E-state index in [9.17, 15) is 0 Å². The van der Waals surface area contributed by atoms with E-state index in [0.717, 1.165) is 11.8 Å². The van der Waals surface area contributed by atoms with E-state index in [4.69, 9.17) is 0 Å². The Balaban J connectivity index is 2.07. The highest BCUT2D eigenvalue weighted by molar-refractivity contribution is 5.16. The molecule has 2 unspecified atom stereocenters. The smallest absolute Gasteiger partial charge is 0.00145 e. The van der Waals surface area contributed by atoms with E-state index in [1.165, 1.54) is 31.5 Å². The zero-order chi connectivity index (χ0) is 12.3. The lowest BCUT2D eigenvalue weighted by Gasteiger charge is -2.41. The lowest BCUT2D eigenvalue weighted by Crippen LogP contribution is -2.43. The molecule has 94 valence electrons. The molecule has 2 atom stereocenters. The molecule has 1 aromatic rings. The first kappa shape index (κ1) is 12.6. The van der Waals surface area contributed by atoms with Gasteiger partial charge in [-0.15, -0.1) is 0 Å². The number of hydrogen-bond acceptors (Lipinski definition) is 1. The fraction of sp³-hybridized carbons (Fsp3) is 0.625. The number of nitrogens with one attached hydrogen (secondary N) is 1. The third kappa shape index (κ3) is 3.32. The minimum Gasteiger partial charge on any atom is -0.316 e. The highest BCUT2D eigenvalue weighted by Crippen LogP contribution is 2.37. The van der Waals surface area contributed by atoms with Crippen LogP contribution in [0.5, 0.6) is 0 Å². The molecule has 1 heteroatoms. The molecule has 1 fully saturated rings. The summed E-state index contributed by atoms with van der Waals surface area (Å²) >= 11 is 0. The van der Waals surface area contributed by atoms with Gasteiger partial charge in [-0.25, -0.2) is 0 Å². The fourth-order valence-electron chi connectivity index (χ4n) is 3.19. The summed E-state index contributed by atoms with van der Waals surface area (Å²) in [4.78, 5) is 0. The molecule has 1 nitrogen and oxygen atoms in total. The zero-order valence-corrected chi connectivity index (χ0v) is 11.4. The van der Waals surface area contributed by atoms with Gasteiger partial charge in [0.05, 0.1) is 0 Å². The minimum atomic E-state index is 0.432. The summed E-state index contributed by atoms with van der Waals surface area (Å²) in [5.41, 5.74) is 1.91.